The fraction of sp³-hybridized carbons (Fsp3) is 0.286. The molecule has 1 atom stereocenters. The minimum absolute atomic E-state index is 0.0113. The van der Waals surface area contributed by atoms with E-state index in [2.05, 4.69) is 5.32 Å². The molecule has 0 bridgehead atoms. The molecular weight excluding hydrogens is 542 g/mol. The highest BCUT2D eigenvalue weighted by molar-refractivity contribution is 7.92. The van der Waals surface area contributed by atoms with Crippen LogP contribution in [0.1, 0.15) is 18.1 Å². The number of anilines is 1. The molecule has 1 N–H and O–H groups in total. The first-order valence-corrected chi connectivity index (χ1v) is 13.9. The van der Waals surface area contributed by atoms with Crippen molar-refractivity contribution in [1.82, 2.24) is 10.2 Å². The highest BCUT2D eigenvalue weighted by Crippen LogP contribution is 2.36. The molecule has 0 saturated heterocycles. The summed E-state index contributed by atoms with van der Waals surface area (Å²) >= 11 is 6.36. The van der Waals surface area contributed by atoms with Gasteiger partial charge in [-0.05, 0) is 49.7 Å². The molecule has 208 valence electrons. The molecule has 2 amide bonds. The monoisotopic (exact) mass is 573 g/mol. The zero-order valence-corrected chi connectivity index (χ0v) is 24.0. The van der Waals surface area contributed by atoms with Gasteiger partial charge in [0.1, 0.15) is 24.1 Å². The number of amides is 2. The largest absolute Gasteiger partial charge is 0.497 e. The number of sulfonamides is 1. The average Bonchev–Trinajstić information content (AvgIpc) is 2.94. The van der Waals surface area contributed by atoms with Gasteiger partial charge in [0.2, 0.25) is 11.8 Å². The summed E-state index contributed by atoms with van der Waals surface area (Å²) in [6.07, 6.45) is 0. The van der Waals surface area contributed by atoms with E-state index >= 15 is 0 Å². The zero-order valence-electron chi connectivity index (χ0n) is 22.5. The quantitative estimate of drug-likeness (QED) is 0.371. The number of nitrogens with one attached hydrogen (secondary N) is 1. The normalized spacial score (nSPS) is 11.8. The summed E-state index contributed by atoms with van der Waals surface area (Å²) in [6.45, 7) is 2.78. The second-order valence-electron chi connectivity index (χ2n) is 8.77. The molecular formula is C28H32ClN3O6S. The molecule has 0 spiro atoms. The van der Waals surface area contributed by atoms with Crippen molar-refractivity contribution in [3.8, 4) is 11.5 Å². The maximum absolute atomic E-state index is 14.0. The van der Waals surface area contributed by atoms with Crippen LogP contribution >= 0.6 is 11.6 Å². The summed E-state index contributed by atoms with van der Waals surface area (Å²) in [7, 11) is 0.0529. The summed E-state index contributed by atoms with van der Waals surface area (Å²) in [5, 5.41) is 2.96. The lowest BCUT2D eigenvalue weighted by molar-refractivity contribution is -0.139. The van der Waals surface area contributed by atoms with Crippen LogP contribution in [0.15, 0.2) is 71.6 Å². The third kappa shape index (κ3) is 6.82. The molecule has 11 heteroatoms. The first kappa shape index (κ1) is 29.8. The van der Waals surface area contributed by atoms with Gasteiger partial charge in [0.25, 0.3) is 10.0 Å². The number of hydrogen-bond donors (Lipinski definition) is 1. The van der Waals surface area contributed by atoms with Crippen molar-refractivity contribution in [2.45, 2.75) is 31.3 Å². The Balaban J connectivity index is 2.14. The molecule has 3 rings (SSSR count). The van der Waals surface area contributed by atoms with Crippen molar-refractivity contribution in [3.05, 3.63) is 82.9 Å². The van der Waals surface area contributed by atoms with Crippen LogP contribution in [0.5, 0.6) is 11.5 Å². The highest BCUT2D eigenvalue weighted by atomic mass is 35.5. The van der Waals surface area contributed by atoms with Gasteiger partial charge in [-0.1, -0.05) is 47.5 Å². The van der Waals surface area contributed by atoms with Gasteiger partial charge in [0, 0.05) is 24.7 Å². The molecule has 3 aromatic carbocycles. The number of nitrogens with zero attached hydrogens (tertiary/aromatic N) is 2. The number of likely N-dealkylation sites (N-methyl/N-ethyl adjacent to an activating group) is 1. The van der Waals surface area contributed by atoms with E-state index in [0.29, 0.717) is 16.3 Å². The molecule has 0 aromatic heterocycles. The Labute approximate surface area is 234 Å². The first-order valence-electron chi connectivity index (χ1n) is 12.1. The second kappa shape index (κ2) is 12.9. The fourth-order valence-corrected chi connectivity index (χ4v) is 5.56. The van der Waals surface area contributed by atoms with Crippen molar-refractivity contribution in [2.75, 3.05) is 32.1 Å². The van der Waals surface area contributed by atoms with Crippen LogP contribution in [0.3, 0.4) is 0 Å². The van der Waals surface area contributed by atoms with Crippen molar-refractivity contribution in [1.29, 1.82) is 0 Å². The molecule has 3 aromatic rings. The van der Waals surface area contributed by atoms with Crippen molar-refractivity contribution in [2.24, 2.45) is 0 Å². The SMILES string of the molecule is CNC(=O)[C@@H](C)N(Cc1ccccc1Cl)C(=O)CN(c1cc(OC)ccc1OC)S(=O)(=O)c1ccc(C)cc1. The van der Waals surface area contributed by atoms with E-state index < -0.39 is 34.4 Å². The Bertz CT molecular complexity index is 1430. The van der Waals surface area contributed by atoms with Gasteiger partial charge in [-0.15, -0.1) is 0 Å². The first-order chi connectivity index (χ1) is 18.5. The number of ether oxygens (including phenoxy) is 2. The van der Waals surface area contributed by atoms with Crippen molar-refractivity contribution >= 4 is 39.1 Å². The highest BCUT2D eigenvalue weighted by Gasteiger charge is 2.34. The van der Waals surface area contributed by atoms with Crippen LogP contribution in [0.4, 0.5) is 5.69 Å². The zero-order chi connectivity index (χ0) is 28.7. The van der Waals surface area contributed by atoms with E-state index in [1.165, 1.54) is 44.4 Å². The molecule has 0 heterocycles. The van der Waals surface area contributed by atoms with Crippen LogP contribution in [0.25, 0.3) is 0 Å². The Hall–Kier alpha value is -3.76. The standard InChI is InChI=1S/C28H32ClN3O6S/c1-19-10-13-23(14-11-19)39(35,36)32(25-16-22(37-4)12-15-26(25)38-5)18-27(33)31(20(2)28(34)30-3)17-21-8-6-7-9-24(21)29/h6-16,20H,17-18H2,1-5H3,(H,30,34)/t20-/m1/s1. The molecule has 0 unspecified atom stereocenters. The Morgan fingerprint density at radius 3 is 2.26 bits per heavy atom. The van der Waals surface area contributed by atoms with E-state index in [0.717, 1.165) is 9.87 Å². The average molecular weight is 574 g/mol. The summed E-state index contributed by atoms with van der Waals surface area (Å²) in [4.78, 5) is 27.8. The lowest BCUT2D eigenvalue weighted by Gasteiger charge is -2.32. The van der Waals surface area contributed by atoms with Crippen LogP contribution in [0, 0.1) is 6.92 Å². The van der Waals surface area contributed by atoms with Crippen molar-refractivity contribution < 1.29 is 27.5 Å². The maximum atomic E-state index is 14.0. The smallest absolute Gasteiger partial charge is 0.264 e. The number of halogens is 1. The number of aryl methyl sites for hydroxylation is 1. The maximum Gasteiger partial charge on any atom is 0.264 e. The number of methoxy groups -OCH3 is 2. The van der Waals surface area contributed by atoms with Gasteiger partial charge in [-0.2, -0.15) is 0 Å². The second-order valence-corrected chi connectivity index (χ2v) is 11.0. The summed E-state index contributed by atoms with van der Waals surface area (Å²) < 4.78 is 39.8. The van der Waals surface area contributed by atoms with Gasteiger partial charge in [-0.3, -0.25) is 13.9 Å². The molecule has 0 fully saturated rings. The number of carbonyl (C=O) groups is 2. The minimum atomic E-state index is -4.27. The fourth-order valence-electron chi connectivity index (χ4n) is 3.94. The summed E-state index contributed by atoms with van der Waals surface area (Å²) in [5.41, 5.74) is 1.59. The number of benzene rings is 3. The Morgan fingerprint density at radius 2 is 1.67 bits per heavy atom. The van der Waals surface area contributed by atoms with E-state index in [4.69, 9.17) is 21.1 Å². The molecule has 0 aliphatic heterocycles. The summed E-state index contributed by atoms with van der Waals surface area (Å²) in [5.74, 6) is -0.445. The summed E-state index contributed by atoms with van der Waals surface area (Å²) in [6, 6.07) is 17.0. The van der Waals surface area contributed by atoms with Gasteiger partial charge in [-0.25, -0.2) is 8.42 Å². The molecule has 9 nitrogen and oxygen atoms in total. The Kier molecular flexibility index (Phi) is 9.82. The molecule has 39 heavy (non-hydrogen) atoms. The Morgan fingerprint density at radius 1 is 1.00 bits per heavy atom. The van der Waals surface area contributed by atoms with E-state index in [1.54, 1.807) is 55.5 Å². The van der Waals surface area contributed by atoms with Gasteiger partial charge in [0.05, 0.1) is 24.8 Å². The van der Waals surface area contributed by atoms with Gasteiger partial charge < -0.3 is 19.7 Å². The van der Waals surface area contributed by atoms with E-state index in [9.17, 15) is 18.0 Å². The van der Waals surface area contributed by atoms with Crippen LogP contribution < -0.4 is 19.1 Å². The predicted molar refractivity (Wildman–Crippen MR) is 151 cm³/mol. The minimum Gasteiger partial charge on any atom is -0.497 e. The molecule has 0 saturated carbocycles. The van der Waals surface area contributed by atoms with E-state index in [1.807, 2.05) is 6.92 Å². The third-order valence-electron chi connectivity index (χ3n) is 6.25. The van der Waals surface area contributed by atoms with Crippen LogP contribution in [-0.4, -0.2) is 59.0 Å². The molecule has 0 aliphatic rings. The number of carbonyl (C=O) groups excluding carboxylic acids is 2. The van der Waals surface area contributed by atoms with Gasteiger partial charge >= 0.3 is 0 Å². The third-order valence-corrected chi connectivity index (χ3v) is 8.40. The topological polar surface area (TPSA) is 105 Å². The lowest BCUT2D eigenvalue weighted by Crippen LogP contribution is -2.50. The number of hydrogen-bond acceptors (Lipinski definition) is 6. The van der Waals surface area contributed by atoms with Crippen LogP contribution in [-0.2, 0) is 26.2 Å². The van der Waals surface area contributed by atoms with Gasteiger partial charge in [0.15, 0.2) is 0 Å². The molecule has 0 aliphatic carbocycles. The predicted octanol–water partition coefficient (Wildman–Crippen LogP) is 4.02. The lowest BCUT2D eigenvalue weighted by atomic mass is 10.1. The van der Waals surface area contributed by atoms with Crippen LogP contribution in [0.2, 0.25) is 5.02 Å². The number of rotatable bonds is 11. The molecule has 0 radical (unpaired) electrons. The van der Waals surface area contributed by atoms with E-state index in [-0.39, 0.29) is 22.9 Å². The van der Waals surface area contributed by atoms with Crippen molar-refractivity contribution in [3.63, 3.8) is 0 Å².